The Bertz CT molecular complexity index is 262. The van der Waals surface area contributed by atoms with Gasteiger partial charge in [-0.3, -0.25) is 4.98 Å². The molecule has 2 nitrogen and oxygen atoms in total. The molecule has 0 radical (unpaired) electrons. The molecule has 0 aliphatic heterocycles. The zero-order valence-electron chi connectivity index (χ0n) is 5.41. The first kappa shape index (κ1) is 6.79. The van der Waals surface area contributed by atoms with Gasteiger partial charge < -0.3 is 5.11 Å². The van der Waals surface area contributed by atoms with E-state index in [0.717, 1.165) is 0 Å². The molecule has 2 heteroatoms. The monoisotopic (exact) mass is 133 g/mol. The summed E-state index contributed by atoms with van der Waals surface area (Å²) in [7, 11) is 0. The molecule has 0 atom stereocenters. The Balaban J connectivity index is 3.12. The topological polar surface area (TPSA) is 33.1 Å². The summed E-state index contributed by atoms with van der Waals surface area (Å²) >= 11 is 0. The maximum atomic E-state index is 8.71. The van der Waals surface area contributed by atoms with Crippen molar-refractivity contribution in [2.45, 2.75) is 6.61 Å². The van der Waals surface area contributed by atoms with Crippen LogP contribution in [0.5, 0.6) is 0 Å². The van der Waals surface area contributed by atoms with Crippen molar-refractivity contribution >= 4 is 0 Å². The lowest BCUT2D eigenvalue weighted by Crippen LogP contribution is -1.89. The van der Waals surface area contributed by atoms with Gasteiger partial charge in [-0.05, 0) is 6.07 Å². The highest BCUT2D eigenvalue weighted by Crippen LogP contribution is 2.03. The summed E-state index contributed by atoms with van der Waals surface area (Å²) in [4.78, 5) is 3.81. The van der Waals surface area contributed by atoms with Gasteiger partial charge in [0.25, 0.3) is 0 Å². The van der Waals surface area contributed by atoms with E-state index in [4.69, 9.17) is 11.5 Å². The van der Waals surface area contributed by atoms with Gasteiger partial charge in [0.05, 0.1) is 6.61 Å². The number of hydrogen-bond donors (Lipinski definition) is 1. The van der Waals surface area contributed by atoms with Crippen LogP contribution in [0.3, 0.4) is 0 Å². The third-order valence-corrected chi connectivity index (χ3v) is 1.23. The molecule has 0 aliphatic carbocycles. The minimum absolute atomic E-state index is 0.0482. The summed E-state index contributed by atoms with van der Waals surface area (Å²) in [6, 6.07) is 1.70. The molecule has 1 N–H and O–H groups in total. The normalized spacial score (nSPS) is 8.80. The lowest BCUT2D eigenvalue weighted by molar-refractivity contribution is 0.281. The Labute approximate surface area is 59.5 Å². The molecule has 10 heavy (non-hydrogen) atoms. The smallest absolute Gasteiger partial charge is 0.0709 e. The Hall–Kier alpha value is -1.33. The van der Waals surface area contributed by atoms with Gasteiger partial charge in [0, 0.05) is 23.5 Å². The average Bonchev–Trinajstić information content (AvgIpc) is 2.04. The number of rotatable bonds is 1. The third-order valence-electron chi connectivity index (χ3n) is 1.23. The minimum atomic E-state index is -0.0482. The maximum absolute atomic E-state index is 8.71. The van der Waals surface area contributed by atoms with E-state index < -0.39 is 0 Å². The molecule has 1 heterocycles. The van der Waals surface area contributed by atoms with E-state index >= 15 is 0 Å². The average molecular weight is 133 g/mol. The first-order valence-electron chi connectivity index (χ1n) is 2.89. The van der Waals surface area contributed by atoms with E-state index in [1.807, 2.05) is 0 Å². The van der Waals surface area contributed by atoms with Crippen LogP contribution in [0.25, 0.3) is 0 Å². The highest BCUT2D eigenvalue weighted by atomic mass is 16.3. The molecule has 0 unspecified atom stereocenters. The molecule has 0 bridgehead atoms. The number of aromatic nitrogens is 1. The molecule has 0 fully saturated rings. The fraction of sp³-hybridized carbons (Fsp3) is 0.125. The van der Waals surface area contributed by atoms with Crippen molar-refractivity contribution in [2.24, 2.45) is 0 Å². The van der Waals surface area contributed by atoms with Gasteiger partial charge >= 0.3 is 0 Å². The van der Waals surface area contributed by atoms with Crippen LogP contribution in [-0.2, 0) is 6.61 Å². The van der Waals surface area contributed by atoms with Crippen LogP contribution in [0.4, 0.5) is 0 Å². The van der Waals surface area contributed by atoms with Crippen molar-refractivity contribution in [3.05, 3.63) is 29.6 Å². The predicted octanol–water partition coefficient (Wildman–Crippen LogP) is 0.555. The first-order valence-corrected chi connectivity index (χ1v) is 2.89. The van der Waals surface area contributed by atoms with Crippen LogP contribution in [0.15, 0.2) is 18.5 Å². The van der Waals surface area contributed by atoms with Crippen molar-refractivity contribution in [1.29, 1.82) is 0 Å². The molecule has 0 saturated carbocycles. The standard InChI is InChI=1S/C8H7NO/c1-2-7-3-4-9-5-8(7)6-10/h1,3-5,10H,6H2. The fourth-order valence-corrected chi connectivity index (χ4v) is 0.694. The Morgan fingerprint density at radius 3 is 3.00 bits per heavy atom. The van der Waals surface area contributed by atoms with Gasteiger partial charge in [-0.25, -0.2) is 0 Å². The molecule has 1 aromatic heterocycles. The van der Waals surface area contributed by atoms with Gasteiger partial charge in [0.2, 0.25) is 0 Å². The Kier molecular flexibility index (Phi) is 2.03. The van der Waals surface area contributed by atoms with E-state index in [1.165, 1.54) is 0 Å². The van der Waals surface area contributed by atoms with Crippen molar-refractivity contribution < 1.29 is 5.11 Å². The van der Waals surface area contributed by atoms with Gasteiger partial charge in [-0.1, -0.05) is 5.92 Å². The predicted molar refractivity (Wildman–Crippen MR) is 38.1 cm³/mol. The third kappa shape index (κ3) is 1.15. The number of hydrogen-bond acceptors (Lipinski definition) is 2. The molecular formula is C8H7NO. The molecule has 0 saturated heterocycles. The summed E-state index contributed by atoms with van der Waals surface area (Å²) in [6.07, 6.45) is 8.31. The van der Waals surface area contributed by atoms with Gasteiger partial charge in [0.1, 0.15) is 0 Å². The van der Waals surface area contributed by atoms with Crippen molar-refractivity contribution in [2.75, 3.05) is 0 Å². The number of pyridine rings is 1. The van der Waals surface area contributed by atoms with Crippen molar-refractivity contribution in [3.63, 3.8) is 0 Å². The molecule has 0 aromatic carbocycles. The van der Waals surface area contributed by atoms with Crippen LogP contribution in [-0.4, -0.2) is 10.1 Å². The fourth-order valence-electron chi connectivity index (χ4n) is 0.694. The van der Waals surface area contributed by atoms with E-state index in [1.54, 1.807) is 18.5 Å². The van der Waals surface area contributed by atoms with Gasteiger partial charge in [-0.2, -0.15) is 0 Å². The minimum Gasteiger partial charge on any atom is -0.392 e. The number of nitrogens with zero attached hydrogens (tertiary/aromatic N) is 1. The summed E-state index contributed by atoms with van der Waals surface area (Å²) < 4.78 is 0. The highest BCUT2D eigenvalue weighted by Gasteiger charge is 1.94. The molecule has 1 rings (SSSR count). The second-order valence-electron chi connectivity index (χ2n) is 1.84. The molecule has 50 valence electrons. The van der Waals surface area contributed by atoms with E-state index in [9.17, 15) is 0 Å². The number of aliphatic hydroxyl groups is 1. The second-order valence-corrected chi connectivity index (χ2v) is 1.84. The van der Waals surface area contributed by atoms with Crippen molar-refractivity contribution in [1.82, 2.24) is 4.98 Å². The molecular weight excluding hydrogens is 126 g/mol. The molecule has 0 amide bonds. The summed E-state index contributed by atoms with van der Waals surface area (Å²) in [5.74, 6) is 2.45. The second kappa shape index (κ2) is 3.00. The summed E-state index contributed by atoms with van der Waals surface area (Å²) in [5.41, 5.74) is 1.41. The van der Waals surface area contributed by atoms with Crippen LogP contribution >= 0.6 is 0 Å². The lowest BCUT2D eigenvalue weighted by atomic mass is 10.2. The van der Waals surface area contributed by atoms with Crippen LogP contribution in [0.2, 0.25) is 0 Å². The quantitative estimate of drug-likeness (QED) is 0.568. The number of terminal acetylenes is 1. The molecule has 1 aromatic rings. The molecule has 0 spiro atoms. The summed E-state index contributed by atoms with van der Waals surface area (Å²) in [5, 5.41) is 8.71. The van der Waals surface area contributed by atoms with Crippen LogP contribution in [0, 0.1) is 12.3 Å². The zero-order chi connectivity index (χ0) is 7.40. The van der Waals surface area contributed by atoms with Gasteiger partial charge in [-0.15, -0.1) is 6.42 Å². The maximum Gasteiger partial charge on any atom is 0.0709 e. The zero-order valence-corrected chi connectivity index (χ0v) is 5.41. The van der Waals surface area contributed by atoms with Crippen molar-refractivity contribution in [3.8, 4) is 12.3 Å². The number of aliphatic hydroxyl groups excluding tert-OH is 1. The highest BCUT2D eigenvalue weighted by molar-refractivity contribution is 5.36. The largest absolute Gasteiger partial charge is 0.392 e. The van der Waals surface area contributed by atoms with Crippen LogP contribution in [0.1, 0.15) is 11.1 Å². The first-order chi connectivity index (χ1) is 4.88. The van der Waals surface area contributed by atoms with Gasteiger partial charge in [0.15, 0.2) is 0 Å². The summed E-state index contributed by atoms with van der Waals surface area (Å²) in [6.45, 7) is -0.0482. The van der Waals surface area contributed by atoms with E-state index in [2.05, 4.69) is 10.9 Å². The Morgan fingerprint density at radius 1 is 1.70 bits per heavy atom. The Morgan fingerprint density at radius 2 is 2.50 bits per heavy atom. The lowest BCUT2D eigenvalue weighted by Gasteiger charge is -1.96. The van der Waals surface area contributed by atoms with E-state index in [0.29, 0.717) is 11.1 Å². The molecule has 0 aliphatic rings. The van der Waals surface area contributed by atoms with E-state index in [-0.39, 0.29) is 6.61 Å². The van der Waals surface area contributed by atoms with Crippen LogP contribution < -0.4 is 0 Å². The SMILES string of the molecule is C#Cc1ccncc1CO.